The van der Waals surface area contributed by atoms with Gasteiger partial charge in [0.2, 0.25) is 0 Å². The third-order valence-corrected chi connectivity index (χ3v) is 8.92. The van der Waals surface area contributed by atoms with E-state index in [9.17, 15) is 14.7 Å². The van der Waals surface area contributed by atoms with Crippen molar-refractivity contribution in [3.8, 4) is 0 Å². The molecule has 0 aliphatic carbocycles. The van der Waals surface area contributed by atoms with E-state index in [2.05, 4.69) is 38.2 Å². The van der Waals surface area contributed by atoms with Crippen LogP contribution in [0.1, 0.15) is 76.1 Å². The van der Waals surface area contributed by atoms with E-state index in [1.807, 2.05) is 38.1 Å². The summed E-state index contributed by atoms with van der Waals surface area (Å²) in [5, 5.41) is 12.3. The summed E-state index contributed by atoms with van der Waals surface area (Å²) in [4.78, 5) is 27.9. The Hall–Kier alpha value is -2.31. The number of nitrogens with one attached hydrogen (secondary N) is 1. The monoisotopic (exact) mass is 509 g/mol. The number of fused-ring (bicyclic) bond motifs is 1. The van der Waals surface area contributed by atoms with E-state index < -0.39 is 16.8 Å². The highest BCUT2D eigenvalue weighted by molar-refractivity contribution is 8.01. The number of esters is 1. The van der Waals surface area contributed by atoms with E-state index in [4.69, 9.17) is 4.74 Å². The number of benzene rings is 2. The summed E-state index contributed by atoms with van der Waals surface area (Å²) >= 11 is 1.36. The van der Waals surface area contributed by atoms with Crippen LogP contribution in [0.5, 0.6) is 0 Å². The van der Waals surface area contributed by atoms with Crippen LogP contribution in [0.3, 0.4) is 0 Å². The Bertz CT molecular complexity index is 1120. The number of aliphatic hydroxyl groups is 1. The fourth-order valence-electron chi connectivity index (χ4n) is 5.28. The first-order chi connectivity index (χ1) is 17.0. The molecule has 4 rings (SSSR count). The molecular weight excluding hydrogens is 470 g/mol. The lowest BCUT2D eigenvalue weighted by Gasteiger charge is -2.42. The third kappa shape index (κ3) is 5.50. The third-order valence-electron chi connectivity index (χ3n) is 7.64. The van der Waals surface area contributed by atoms with Gasteiger partial charge in [-0.05, 0) is 71.4 Å². The maximum atomic E-state index is 13.5. The summed E-state index contributed by atoms with van der Waals surface area (Å²) in [6, 6.07) is 12.1. The smallest absolute Gasteiger partial charge is 0.327 e. The zero-order chi connectivity index (χ0) is 26.1. The average molecular weight is 510 g/mol. The van der Waals surface area contributed by atoms with Crippen LogP contribution in [0, 0.1) is 5.92 Å². The fourth-order valence-corrected chi connectivity index (χ4v) is 6.60. The van der Waals surface area contributed by atoms with Gasteiger partial charge in [-0.25, -0.2) is 0 Å². The molecule has 2 aromatic rings. The lowest BCUT2D eigenvalue weighted by molar-refractivity contribution is -0.176. The Morgan fingerprint density at radius 1 is 1.17 bits per heavy atom. The highest BCUT2D eigenvalue weighted by atomic mass is 32.2. The number of ketones is 1. The SMILES string of the molecule is CC(C)C1(CCc2ccccc2CO)CC(=O)C(Sc2cc3c(cc2C(C)(C)C)NCCC3)C(=O)O1. The molecule has 0 amide bonds. The van der Waals surface area contributed by atoms with E-state index in [0.717, 1.165) is 46.7 Å². The molecule has 6 heteroatoms. The van der Waals surface area contributed by atoms with Gasteiger partial charge in [0.05, 0.1) is 6.61 Å². The molecule has 0 bridgehead atoms. The number of Topliss-reactive ketones (excluding diaryl/α,β-unsaturated/α-hetero) is 1. The number of thioether (sulfide) groups is 1. The topological polar surface area (TPSA) is 75.6 Å². The van der Waals surface area contributed by atoms with Crippen LogP contribution in [0.4, 0.5) is 5.69 Å². The number of hydrogen-bond donors (Lipinski definition) is 2. The second kappa shape index (κ2) is 10.6. The summed E-state index contributed by atoms with van der Waals surface area (Å²) in [7, 11) is 0. The largest absolute Gasteiger partial charge is 0.457 e. The van der Waals surface area contributed by atoms with Crippen LogP contribution in [0.25, 0.3) is 0 Å². The second-order valence-electron chi connectivity index (χ2n) is 11.5. The standard InChI is InChI=1S/C30H39NO4S/c1-19(2)30(13-12-20-9-6-7-10-22(20)18-32)17-25(33)27(28(34)35-30)36-26-15-21-11-8-14-31-24(21)16-23(26)29(3,4)5/h6-7,9-10,15-16,19,27,31-32H,8,11-14,17-18H2,1-5H3. The zero-order valence-electron chi connectivity index (χ0n) is 22.1. The van der Waals surface area contributed by atoms with Gasteiger partial charge in [-0.15, -0.1) is 11.8 Å². The lowest BCUT2D eigenvalue weighted by Crippen LogP contribution is -2.52. The van der Waals surface area contributed by atoms with Gasteiger partial charge >= 0.3 is 5.97 Å². The number of carbonyl (C=O) groups excluding carboxylic acids is 2. The number of carbonyl (C=O) groups is 2. The normalized spacial score (nSPS) is 22.2. The van der Waals surface area contributed by atoms with E-state index >= 15 is 0 Å². The van der Waals surface area contributed by atoms with Crippen LogP contribution in [-0.4, -0.2) is 34.3 Å². The average Bonchev–Trinajstić information content (AvgIpc) is 2.84. The van der Waals surface area contributed by atoms with Crippen molar-refractivity contribution in [2.75, 3.05) is 11.9 Å². The van der Waals surface area contributed by atoms with E-state index in [1.54, 1.807) is 0 Å². The van der Waals surface area contributed by atoms with Crippen molar-refractivity contribution in [2.24, 2.45) is 5.92 Å². The Kier molecular flexibility index (Phi) is 7.86. The quantitative estimate of drug-likeness (QED) is 0.361. The molecule has 0 radical (unpaired) electrons. The van der Waals surface area contributed by atoms with Gasteiger partial charge in [0.15, 0.2) is 11.0 Å². The van der Waals surface area contributed by atoms with E-state index in [1.165, 1.54) is 17.3 Å². The van der Waals surface area contributed by atoms with Gasteiger partial charge < -0.3 is 15.2 Å². The molecule has 2 atom stereocenters. The van der Waals surface area contributed by atoms with Gasteiger partial charge in [0, 0.05) is 23.5 Å². The van der Waals surface area contributed by atoms with Crippen molar-refractivity contribution in [3.05, 3.63) is 58.7 Å². The molecular formula is C30H39NO4S. The summed E-state index contributed by atoms with van der Waals surface area (Å²) < 4.78 is 6.17. The molecule has 1 fully saturated rings. The lowest BCUT2D eigenvalue weighted by atomic mass is 9.78. The van der Waals surface area contributed by atoms with Crippen LogP contribution in [0.15, 0.2) is 41.3 Å². The molecule has 0 aromatic heterocycles. The maximum Gasteiger partial charge on any atom is 0.327 e. The van der Waals surface area contributed by atoms with Crippen molar-refractivity contribution in [3.63, 3.8) is 0 Å². The number of aliphatic hydroxyl groups excluding tert-OH is 1. The van der Waals surface area contributed by atoms with Crippen molar-refractivity contribution in [1.29, 1.82) is 0 Å². The van der Waals surface area contributed by atoms with E-state index in [0.29, 0.717) is 12.8 Å². The number of ether oxygens (including phenoxy) is 1. The predicted octanol–water partition coefficient (Wildman–Crippen LogP) is 5.84. The number of cyclic esters (lactones) is 1. The van der Waals surface area contributed by atoms with Gasteiger partial charge in [0.25, 0.3) is 0 Å². The first-order valence-corrected chi connectivity index (χ1v) is 13.9. The molecule has 2 aromatic carbocycles. The first-order valence-electron chi connectivity index (χ1n) is 13.1. The van der Waals surface area contributed by atoms with Crippen LogP contribution in [-0.2, 0) is 39.2 Å². The maximum absolute atomic E-state index is 13.5. The summed E-state index contributed by atoms with van der Waals surface area (Å²) in [6.45, 7) is 11.5. The molecule has 2 aliphatic heterocycles. The van der Waals surface area contributed by atoms with Gasteiger partial charge in [-0.2, -0.15) is 0 Å². The number of rotatable bonds is 7. The van der Waals surface area contributed by atoms with Gasteiger partial charge in [-0.3, -0.25) is 9.59 Å². The molecule has 5 nitrogen and oxygen atoms in total. The Morgan fingerprint density at radius 3 is 2.53 bits per heavy atom. The molecule has 0 spiro atoms. The van der Waals surface area contributed by atoms with Crippen molar-refractivity contribution >= 4 is 29.2 Å². The van der Waals surface area contributed by atoms with E-state index in [-0.39, 0.29) is 30.1 Å². The van der Waals surface area contributed by atoms with Gasteiger partial charge in [0.1, 0.15) is 5.60 Å². The Morgan fingerprint density at radius 2 is 1.89 bits per heavy atom. The molecule has 2 unspecified atom stereocenters. The highest BCUT2D eigenvalue weighted by Crippen LogP contribution is 2.44. The van der Waals surface area contributed by atoms with Gasteiger partial charge in [-0.1, -0.05) is 58.9 Å². The second-order valence-corrected chi connectivity index (χ2v) is 12.6. The first kappa shape index (κ1) is 26.7. The van der Waals surface area contributed by atoms with Crippen molar-refractivity contribution in [2.45, 2.75) is 94.5 Å². The Balaban J connectivity index is 1.57. The zero-order valence-corrected chi connectivity index (χ0v) is 23.0. The number of anilines is 1. The summed E-state index contributed by atoms with van der Waals surface area (Å²) in [5.41, 5.74) is 4.48. The predicted molar refractivity (Wildman–Crippen MR) is 146 cm³/mol. The minimum atomic E-state index is -0.850. The molecule has 36 heavy (non-hydrogen) atoms. The number of aryl methyl sites for hydroxylation is 2. The number of hydrogen-bond acceptors (Lipinski definition) is 6. The van der Waals surface area contributed by atoms with Crippen LogP contribution < -0.4 is 5.32 Å². The molecule has 2 heterocycles. The minimum Gasteiger partial charge on any atom is -0.457 e. The molecule has 2 N–H and O–H groups in total. The van der Waals surface area contributed by atoms with Crippen molar-refractivity contribution < 1.29 is 19.4 Å². The Labute approximate surface area is 219 Å². The van der Waals surface area contributed by atoms with Crippen LogP contribution >= 0.6 is 11.8 Å². The molecule has 2 aliphatic rings. The summed E-state index contributed by atoms with van der Waals surface area (Å²) in [5.74, 6) is -0.496. The minimum absolute atomic E-state index is 0.00223. The molecule has 1 saturated heterocycles. The highest BCUT2D eigenvalue weighted by Gasteiger charge is 2.49. The van der Waals surface area contributed by atoms with Crippen LogP contribution in [0.2, 0.25) is 0 Å². The fraction of sp³-hybridized carbons (Fsp3) is 0.533. The molecule has 0 saturated carbocycles. The van der Waals surface area contributed by atoms with Crippen molar-refractivity contribution in [1.82, 2.24) is 0 Å². The molecule has 194 valence electrons. The summed E-state index contributed by atoms with van der Waals surface area (Å²) in [6.07, 6.45) is 3.47.